The largest absolute Gasteiger partial charge is 0.497 e. The topological polar surface area (TPSA) is 47.3 Å². The molecule has 0 amide bonds. The molecule has 0 aromatic heterocycles. The lowest BCUT2D eigenvalue weighted by molar-refractivity contribution is 0.414. The first-order valence-electron chi connectivity index (χ1n) is 5.71. The fourth-order valence-electron chi connectivity index (χ4n) is 1.91. The molecule has 0 fully saturated rings. The number of methoxy groups -OCH3 is 1. The predicted octanol–water partition coefficient (Wildman–Crippen LogP) is 2.53. The van der Waals surface area contributed by atoms with Gasteiger partial charge in [0.2, 0.25) is 0 Å². The number of hydrogen-bond acceptors (Lipinski definition) is 3. The Hall–Kier alpha value is -1.98. The van der Waals surface area contributed by atoms with E-state index >= 15 is 0 Å². The zero-order chi connectivity index (χ0) is 13.8. The van der Waals surface area contributed by atoms with Crippen LogP contribution in [0.5, 0.6) is 5.75 Å². The molecule has 3 nitrogen and oxygen atoms in total. The third-order valence-corrected chi connectivity index (χ3v) is 2.91. The van der Waals surface area contributed by atoms with E-state index in [1.54, 1.807) is 31.4 Å². The summed E-state index contributed by atoms with van der Waals surface area (Å²) in [6, 6.07) is 10.3. The third kappa shape index (κ3) is 2.72. The van der Waals surface area contributed by atoms with E-state index in [4.69, 9.17) is 10.6 Å². The van der Waals surface area contributed by atoms with Gasteiger partial charge in [-0.15, -0.1) is 0 Å². The first-order valence-corrected chi connectivity index (χ1v) is 5.71. The molecule has 0 radical (unpaired) electrons. The van der Waals surface area contributed by atoms with Gasteiger partial charge in [0.25, 0.3) is 0 Å². The maximum absolute atomic E-state index is 13.8. The summed E-state index contributed by atoms with van der Waals surface area (Å²) in [5, 5.41) is 0. The Labute approximate surface area is 110 Å². The van der Waals surface area contributed by atoms with Crippen molar-refractivity contribution in [3.63, 3.8) is 0 Å². The van der Waals surface area contributed by atoms with Crippen LogP contribution in [-0.2, 0) is 0 Å². The molecule has 2 aromatic carbocycles. The summed E-state index contributed by atoms with van der Waals surface area (Å²) >= 11 is 0. The minimum absolute atomic E-state index is 0.160. The Morgan fingerprint density at radius 1 is 1.11 bits per heavy atom. The van der Waals surface area contributed by atoms with E-state index in [0.717, 1.165) is 6.07 Å². The summed E-state index contributed by atoms with van der Waals surface area (Å²) in [5.74, 6) is 4.34. The second-order valence-corrected chi connectivity index (χ2v) is 4.02. The summed E-state index contributed by atoms with van der Waals surface area (Å²) < 4.78 is 32.1. The molecule has 0 aliphatic heterocycles. The fourth-order valence-corrected chi connectivity index (χ4v) is 1.91. The van der Waals surface area contributed by atoms with Crippen molar-refractivity contribution in [2.24, 2.45) is 5.84 Å². The summed E-state index contributed by atoms with van der Waals surface area (Å²) in [6.45, 7) is 0. The van der Waals surface area contributed by atoms with Gasteiger partial charge in [0, 0.05) is 5.56 Å². The van der Waals surface area contributed by atoms with Gasteiger partial charge in [0.1, 0.15) is 5.75 Å². The molecular formula is C14H14F2N2O. The standard InChI is InChI=1S/C14H14F2N2O/c1-19-10-7-5-9(6-8-10)14(18-17)11-3-2-4-12(15)13(11)16/h2-8,14,18H,17H2,1H3. The number of nitrogens with one attached hydrogen (secondary N) is 1. The molecule has 1 atom stereocenters. The minimum atomic E-state index is -0.902. The number of halogens is 2. The quantitative estimate of drug-likeness (QED) is 0.659. The summed E-state index contributed by atoms with van der Waals surface area (Å²) in [5.41, 5.74) is 3.37. The van der Waals surface area contributed by atoms with Crippen LogP contribution in [0.15, 0.2) is 42.5 Å². The zero-order valence-corrected chi connectivity index (χ0v) is 10.4. The first-order chi connectivity index (χ1) is 9.17. The summed E-state index contributed by atoms with van der Waals surface area (Å²) in [4.78, 5) is 0. The number of hydrogen-bond donors (Lipinski definition) is 2. The Bertz CT molecular complexity index is 558. The van der Waals surface area contributed by atoms with Crippen molar-refractivity contribution in [3.05, 3.63) is 65.2 Å². The second-order valence-electron chi connectivity index (χ2n) is 4.02. The van der Waals surface area contributed by atoms with Gasteiger partial charge >= 0.3 is 0 Å². The normalized spacial score (nSPS) is 12.2. The van der Waals surface area contributed by atoms with Crippen LogP contribution in [0.3, 0.4) is 0 Å². The number of benzene rings is 2. The molecule has 2 aromatic rings. The van der Waals surface area contributed by atoms with Crippen molar-refractivity contribution in [2.75, 3.05) is 7.11 Å². The van der Waals surface area contributed by atoms with E-state index in [-0.39, 0.29) is 5.56 Å². The molecule has 0 aliphatic carbocycles. The van der Waals surface area contributed by atoms with Crippen LogP contribution in [0.25, 0.3) is 0 Å². The molecule has 2 rings (SSSR count). The third-order valence-electron chi connectivity index (χ3n) is 2.91. The van der Waals surface area contributed by atoms with Crippen molar-refractivity contribution < 1.29 is 13.5 Å². The molecule has 19 heavy (non-hydrogen) atoms. The molecule has 0 aliphatic rings. The molecule has 0 bridgehead atoms. The summed E-state index contributed by atoms with van der Waals surface area (Å²) in [7, 11) is 1.56. The smallest absolute Gasteiger partial charge is 0.163 e. The lowest BCUT2D eigenvalue weighted by Gasteiger charge is -2.18. The maximum atomic E-state index is 13.8. The molecule has 5 heteroatoms. The Balaban J connectivity index is 2.40. The number of rotatable bonds is 4. The van der Waals surface area contributed by atoms with Crippen LogP contribution >= 0.6 is 0 Å². The van der Waals surface area contributed by atoms with Gasteiger partial charge in [-0.3, -0.25) is 5.84 Å². The van der Waals surface area contributed by atoms with Gasteiger partial charge in [-0.2, -0.15) is 0 Å². The first kappa shape index (κ1) is 13.5. The van der Waals surface area contributed by atoms with Crippen LogP contribution in [-0.4, -0.2) is 7.11 Å². The average molecular weight is 264 g/mol. The molecule has 1 unspecified atom stereocenters. The summed E-state index contributed by atoms with van der Waals surface area (Å²) in [6.07, 6.45) is 0. The highest BCUT2D eigenvalue weighted by Gasteiger charge is 2.18. The van der Waals surface area contributed by atoms with Crippen LogP contribution in [0, 0.1) is 11.6 Å². The Kier molecular flexibility index (Phi) is 4.09. The highest BCUT2D eigenvalue weighted by atomic mass is 19.2. The van der Waals surface area contributed by atoms with Gasteiger partial charge in [0.15, 0.2) is 11.6 Å². The highest BCUT2D eigenvalue weighted by molar-refractivity contribution is 5.36. The van der Waals surface area contributed by atoms with Gasteiger partial charge < -0.3 is 4.74 Å². The molecule has 0 saturated carbocycles. The maximum Gasteiger partial charge on any atom is 0.163 e. The van der Waals surface area contributed by atoms with E-state index in [9.17, 15) is 8.78 Å². The fraction of sp³-hybridized carbons (Fsp3) is 0.143. The number of ether oxygens (including phenoxy) is 1. The van der Waals surface area contributed by atoms with Crippen molar-refractivity contribution in [1.82, 2.24) is 5.43 Å². The molecule has 3 N–H and O–H groups in total. The molecule has 0 heterocycles. The van der Waals surface area contributed by atoms with Crippen LogP contribution < -0.4 is 16.0 Å². The van der Waals surface area contributed by atoms with Crippen molar-refractivity contribution >= 4 is 0 Å². The van der Waals surface area contributed by atoms with Gasteiger partial charge in [0.05, 0.1) is 13.2 Å². The average Bonchev–Trinajstić information content (AvgIpc) is 2.45. The van der Waals surface area contributed by atoms with E-state index in [1.165, 1.54) is 12.1 Å². The minimum Gasteiger partial charge on any atom is -0.497 e. The van der Waals surface area contributed by atoms with Crippen molar-refractivity contribution in [2.45, 2.75) is 6.04 Å². The molecular weight excluding hydrogens is 250 g/mol. The van der Waals surface area contributed by atoms with E-state index in [1.807, 2.05) is 0 Å². The molecule has 0 saturated heterocycles. The van der Waals surface area contributed by atoms with E-state index in [2.05, 4.69) is 5.43 Å². The van der Waals surface area contributed by atoms with Crippen LogP contribution in [0.4, 0.5) is 8.78 Å². The van der Waals surface area contributed by atoms with Gasteiger partial charge in [-0.25, -0.2) is 14.2 Å². The predicted molar refractivity (Wildman–Crippen MR) is 68.5 cm³/mol. The van der Waals surface area contributed by atoms with Gasteiger partial charge in [-0.05, 0) is 23.8 Å². The van der Waals surface area contributed by atoms with Crippen LogP contribution in [0.1, 0.15) is 17.2 Å². The van der Waals surface area contributed by atoms with E-state index in [0.29, 0.717) is 11.3 Å². The second kappa shape index (κ2) is 5.77. The van der Waals surface area contributed by atoms with Crippen molar-refractivity contribution in [3.8, 4) is 5.75 Å². The zero-order valence-electron chi connectivity index (χ0n) is 10.4. The Morgan fingerprint density at radius 3 is 2.37 bits per heavy atom. The number of hydrazine groups is 1. The highest BCUT2D eigenvalue weighted by Crippen LogP contribution is 2.26. The van der Waals surface area contributed by atoms with E-state index < -0.39 is 17.7 Å². The Morgan fingerprint density at radius 2 is 1.79 bits per heavy atom. The van der Waals surface area contributed by atoms with Gasteiger partial charge in [-0.1, -0.05) is 24.3 Å². The number of nitrogens with two attached hydrogens (primary N) is 1. The van der Waals surface area contributed by atoms with Crippen molar-refractivity contribution in [1.29, 1.82) is 0 Å². The molecule has 0 spiro atoms. The monoisotopic (exact) mass is 264 g/mol. The lowest BCUT2D eigenvalue weighted by Crippen LogP contribution is -2.29. The van der Waals surface area contributed by atoms with Crippen LogP contribution in [0.2, 0.25) is 0 Å². The molecule has 100 valence electrons. The SMILES string of the molecule is COc1ccc(C(NN)c2cccc(F)c2F)cc1. The lowest BCUT2D eigenvalue weighted by atomic mass is 9.98.